The average molecular weight is 219 g/mol. The third kappa shape index (κ3) is 1.98. The number of imidazole rings is 1. The van der Waals surface area contributed by atoms with Crippen molar-refractivity contribution < 1.29 is 9.90 Å². The van der Waals surface area contributed by atoms with E-state index in [9.17, 15) is 4.79 Å². The van der Waals surface area contributed by atoms with E-state index in [4.69, 9.17) is 5.11 Å². The van der Waals surface area contributed by atoms with Crippen molar-refractivity contribution in [2.24, 2.45) is 0 Å². The number of aryl methyl sites for hydroxylation is 1. The number of aromatic nitrogens is 2. The molecule has 2 N–H and O–H groups in total. The molecule has 16 heavy (non-hydrogen) atoms. The Labute approximate surface area is 92.7 Å². The lowest BCUT2D eigenvalue weighted by molar-refractivity contribution is -0.135. The Morgan fingerprint density at radius 3 is 3.00 bits per heavy atom. The second-order valence-electron chi connectivity index (χ2n) is 3.83. The van der Waals surface area contributed by atoms with E-state index >= 15 is 0 Å². The van der Waals surface area contributed by atoms with Crippen molar-refractivity contribution in [3.8, 4) is 0 Å². The number of carboxylic acid groups (broad SMARTS) is 1. The molecule has 0 aliphatic carbocycles. The lowest BCUT2D eigenvalue weighted by atomic mass is 10.2. The highest BCUT2D eigenvalue weighted by Crippen LogP contribution is 2.17. The third-order valence-electron chi connectivity index (χ3n) is 2.36. The standard InChI is InChI=1S/C11H13N3O2/c1-7-3-4-8-9(5-7)13-11(12-8)14(2)6-10(15)16/h3-5H,6H2,1-2H3,(H,12,13)(H,15,16). The van der Waals surface area contributed by atoms with E-state index in [1.807, 2.05) is 25.1 Å². The van der Waals surface area contributed by atoms with E-state index in [1.165, 1.54) is 0 Å². The molecule has 5 heteroatoms. The topological polar surface area (TPSA) is 69.2 Å². The van der Waals surface area contributed by atoms with Gasteiger partial charge in [0, 0.05) is 7.05 Å². The van der Waals surface area contributed by atoms with Crippen molar-refractivity contribution >= 4 is 23.0 Å². The van der Waals surface area contributed by atoms with Crippen LogP contribution >= 0.6 is 0 Å². The van der Waals surface area contributed by atoms with Gasteiger partial charge in [-0.3, -0.25) is 4.79 Å². The summed E-state index contributed by atoms with van der Waals surface area (Å²) in [6, 6.07) is 5.88. The molecule has 1 heterocycles. The highest BCUT2D eigenvalue weighted by atomic mass is 16.4. The van der Waals surface area contributed by atoms with Crippen LogP contribution in [0, 0.1) is 6.92 Å². The zero-order valence-electron chi connectivity index (χ0n) is 9.19. The van der Waals surface area contributed by atoms with Gasteiger partial charge in [0.2, 0.25) is 5.95 Å². The van der Waals surface area contributed by atoms with Gasteiger partial charge in [-0.2, -0.15) is 0 Å². The molecule has 2 rings (SSSR count). The number of carbonyl (C=O) groups is 1. The number of aromatic amines is 1. The van der Waals surface area contributed by atoms with Crippen LogP contribution in [0.2, 0.25) is 0 Å². The number of benzene rings is 1. The fourth-order valence-electron chi connectivity index (χ4n) is 1.57. The van der Waals surface area contributed by atoms with Gasteiger partial charge in [-0.25, -0.2) is 4.98 Å². The smallest absolute Gasteiger partial charge is 0.323 e. The molecule has 84 valence electrons. The Morgan fingerprint density at radius 1 is 1.56 bits per heavy atom. The molecule has 0 atom stereocenters. The van der Waals surface area contributed by atoms with Crippen LogP contribution in [0.1, 0.15) is 5.56 Å². The summed E-state index contributed by atoms with van der Waals surface area (Å²) in [6.07, 6.45) is 0. The Kier molecular flexibility index (Phi) is 2.52. The maximum atomic E-state index is 10.6. The van der Waals surface area contributed by atoms with Crippen molar-refractivity contribution in [2.75, 3.05) is 18.5 Å². The average Bonchev–Trinajstić information content (AvgIpc) is 2.59. The minimum Gasteiger partial charge on any atom is -0.480 e. The number of likely N-dealkylation sites (N-methyl/N-ethyl adjacent to an activating group) is 1. The summed E-state index contributed by atoms with van der Waals surface area (Å²) < 4.78 is 0. The maximum Gasteiger partial charge on any atom is 0.323 e. The highest BCUT2D eigenvalue weighted by molar-refractivity contribution is 5.79. The molecule has 0 aliphatic rings. The second kappa shape index (κ2) is 3.84. The van der Waals surface area contributed by atoms with E-state index in [2.05, 4.69) is 9.97 Å². The van der Waals surface area contributed by atoms with Crippen LogP contribution in [0.15, 0.2) is 18.2 Å². The third-order valence-corrected chi connectivity index (χ3v) is 2.36. The van der Waals surface area contributed by atoms with E-state index in [1.54, 1.807) is 11.9 Å². The van der Waals surface area contributed by atoms with Crippen LogP contribution in [0.5, 0.6) is 0 Å². The second-order valence-corrected chi connectivity index (χ2v) is 3.83. The molecule has 0 aliphatic heterocycles. The lowest BCUT2D eigenvalue weighted by Crippen LogP contribution is -2.25. The van der Waals surface area contributed by atoms with Crippen LogP contribution in [0.3, 0.4) is 0 Å². The van der Waals surface area contributed by atoms with Gasteiger partial charge < -0.3 is 15.0 Å². The maximum absolute atomic E-state index is 10.6. The van der Waals surface area contributed by atoms with Gasteiger partial charge >= 0.3 is 5.97 Å². The first-order chi connectivity index (χ1) is 7.56. The number of rotatable bonds is 3. The Balaban J connectivity index is 2.35. The summed E-state index contributed by atoms with van der Waals surface area (Å²) in [5.74, 6) is -0.304. The van der Waals surface area contributed by atoms with Gasteiger partial charge in [0.25, 0.3) is 0 Å². The summed E-state index contributed by atoms with van der Waals surface area (Å²) >= 11 is 0. The SMILES string of the molecule is Cc1ccc2nc(N(C)CC(=O)O)[nH]c2c1. The monoisotopic (exact) mass is 219 g/mol. The fraction of sp³-hybridized carbons (Fsp3) is 0.273. The van der Waals surface area contributed by atoms with Gasteiger partial charge in [-0.15, -0.1) is 0 Å². The van der Waals surface area contributed by atoms with Gasteiger partial charge in [0.15, 0.2) is 0 Å². The number of hydrogen-bond acceptors (Lipinski definition) is 3. The fourth-order valence-corrected chi connectivity index (χ4v) is 1.57. The molecular weight excluding hydrogens is 206 g/mol. The molecule has 1 aromatic heterocycles. The zero-order valence-corrected chi connectivity index (χ0v) is 9.19. The molecule has 0 saturated heterocycles. The molecule has 5 nitrogen and oxygen atoms in total. The Hall–Kier alpha value is -2.04. The number of nitrogens with one attached hydrogen (secondary N) is 1. The van der Waals surface area contributed by atoms with Gasteiger partial charge in [0.05, 0.1) is 11.0 Å². The molecule has 0 bridgehead atoms. The summed E-state index contributed by atoms with van der Waals surface area (Å²) in [6.45, 7) is 1.93. The Morgan fingerprint density at radius 2 is 2.31 bits per heavy atom. The first-order valence-corrected chi connectivity index (χ1v) is 4.95. The molecule has 0 amide bonds. The van der Waals surface area contributed by atoms with Gasteiger partial charge in [-0.1, -0.05) is 6.07 Å². The number of aliphatic carboxylic acids is 1. The van der Waals surface area contributed by atoms with Crippen LogP contribution < -0.4 is 4.90 Å². The number of hydrogen-bond donors (Lipinski definition) is 2. The zero-order chi connectivity index (χ0) is 11.7. The number of fused-ring (bicyclic) bond motifs is 1. The van der Waals surface area contributed by atoms with Crippen molar-refractivity contribution in [1.82, 2.24) is 9.97 Å². The van der Waals surface area contributed by atoms with Gasteiger partial charge in [-0.05, 0) is 24.6 Å². The molecular formula is C11H13N3O2. The molecule has 1 aromatic carbocycles. The predicted molar refractivity (Wildman–Crippen MR) is 61.7 cm³/mol. The molecule has 0 unspecified atom stereocenters. The molecule has 2 aromatic rings. The number of nitrogens with zero attached hydrogens (tertiary/aromatic N) is 2. The molecule has 0 radical (unpaired) electrons. The van der Waals surface area contributed by atoms with Crippen molar-refractivity contribution in [1.29, 1.82) is 0 Å². The van der Waals surface area contributed by atoms with Crippen molar-refractivity contribution in [3.05, 3.63) is 23.8 Å². The van der Waals surface area contributed by atoms with E-state index in [-0.39, 0.29) is 6.54 Å². The number of H-pyrrole nitrogens is 1. The molecule has 0 fully saturated rings. The van der Waals surface area contributed by atoms with Crippen LogP contribution in [0.4, 0.5) is 5.95 Å². The minimum absolute atomic E-state index is 0.0706. The van der Waals surface area contributed by atoms with Crippen LogP contribution in [-0.2, 0) is 4.79 Å². The number of anilines is 1. The summed E-state index contributed by atoms with van der Waals surface area (Å²) in [4.78, 5) is 19.5. The minimum atomic E-state index is -0.876. The highest BCUT2D eigenvalue weighted by Gasteiger charge is 2.10. The summed E-state index contributed by atoms with van der Waals surface area (Å²) in [5, 5.41) is 8.68. The van der Waals surface area contributed by atoms with E-state index in [0.717, 1.165) is 16.6 Å². The van der Waals surface area contributed by atoms with Crippen LogP contribution in [0.25, 0.3) is 11.0 Å². The first-order valence-electron chi connectivity index (χ1n) is 4.95. The predicted octanol–water partition coefficient (Wildman–Crippen LogP) is 1.39. The molecule has 0 saturated carbocycles. The largest absolute Gasteiger partial charge is 0.480 e. The molecule has 0 spiro atoms. The van der Waals surface area contributed by atoms with Crippen LogP contribution in [-0.4, -0.2) is 34.6 Å². The quantitative estimate of drug-likeness (QED) is 0.818. The normalized spacial score (nSPS) is 10.6. The van der Waals surface area contributed by atoms with E-state index < -0.39 is 5.97 Å². The summed E-state index contributed by atoms with van der Waals surface area (Å²) in [7, 11) is 1.69. The van der Waals surface area contributed by atoms with E-state index in [0.29, 0.717) is 5.95 Å². The number of carboxylic acids is 1. The van der Waals surface area contributed by atoms with Gasteiger partial charge in [0.1, 0.15) is 6.54 Å². The first kappa shape index (κ1) is 10.5. The lowest BCUT2D eigenvalue weighted by Gasteiger charge is -2.11. The van der Waals surface area contributed by atoms with Crippen molar-refractivity contribution in [3.63, 3.8) is 0 Å². The summed E-state index contributed by atoms with van der Waals surface area (Å²) in [5.41, 5.74) is 2.91. The van der Waals surface area contributed by atoms with Crippen molar-refractivity contribution in [2.45, 2.75) is 6.92 Å². The Bertz CT molecular complexity index is 533.